The summed E-state index contributed by atoms with van der Waals surface area (Å²) in [5, 5.41) is 0. The molecule has 5 heteroatoms. The fourth-order valence-electron chi connectivity index (χ4n) is 2.14. The number of hydrogen-bond donors (Lipinski definition) is 1. The fraction of sp³-hybridized carbons (Fsp3) is 0.533. The Bertz CT molecular complexity index is 471. The second-order valence-corrected chi connectivity index (χ2v) is 5.29. The van der Waals surface area contributed by atoms with E-state index in [4.69, 9.17) is 19.9 Å². The third-order valence-electron chi connectivity index (χ3n) is 3.31. The lowest BCUT2D eigenvalue weighted by atomic mass is 9.83. The van der Waals surface area contributed by atoms with Gasteiger partial charge in [0.05, 0.1) is 26.7 Å². The van der Waals surface area contributed by atoms with E-state index in [1.54, 1.807) is 20.3 Å². The Morgan fingerprint density at radius 3 is 2.40 bits per heavy atom. The summed E-state index contributed by atoms with van der Waals surface area (Å²) in [6.07, 6.45) is 0.461. The number of hydrogen-bond acceptors (Lipinski definition) is 5. The summed E-state index contributed by atoms with van der Waals surface area (Å²) in [4.78, 5) is 11.7. The fourth-order valence-corrected chi connectivity index (χ4v) is 2.14. The highest BCUT2D eigenvalue weighted by Crippen LogP contribution is 2.35. The molecule has 1 aromatic carbocycles. The molecule has 0 fully saturated rings. The van der Waals surface area contributed by atoms with Crippen LogP contribution in [0.2, 0.25) is 0 Å². The van der Waals surface area contributed by atoms with Crippen LogP contribution < -0.4 is 15.2 Å². The molecular weight excluding hydrogens is 258 g/mol. The van der Waals surface area contributed by atoms with Crippen molar-refractivity contribution in [2.45, 2.75) is 26.3 Å². The average molecular weight is 281 g/mol. The quantitative estimate of drug-likeness (QED) is 0.810. The Morgan fingerprint density at radius 1 is 1.25 bits per heavy atom. The predicted molar refractivity (Wildman–Crippen MR) is 76.9 cm³/mol. The van der Waals surface area contributed by atoms with Crippen LogP contribution in [0.25, 0.3) is 0 Å². The molecular formula is C15H23NO4. The smallest absolute Gasteiger partial charge is 0.311 e. The second-order valence-electron chi connectivity index (χ2n) is 5.29. The number of carbonyl (C=O) groups excluding carboxylic acids is 1. The van der Waals surface area contributed by atoms with Crippen molar-refractivity contribution in [3.63, 3.8) is 0 Å². The van der Waals surface area contributed by atoms with Crippen LogP contribution in [0.15, 0.2) is 18.2 Å². The van der Waals surface area contributed by atoms with E-state index < -0.39 is 5.41 Å². The zero-order valence-electron chi connectivity index (χ0n) is 12.7. The number of methoxy groups -OCH3 is 3. The maximum absolute atomic E-state index is 11.7. The zero-order chi connectivity index (χ0) is 15.3. The van der Waals surface area contributed by atoms with Crippen LogP contribution in [0, 0.1) is 5.41 Å². The minimum Gasteiger partial charge on any atom is -0.497 e. The highest BCUT2D eigenvalue weighted by atomic mass is 16.5. The van der Waals surface area contributed by atoms with E-state index in [-0.39, 0.29) is 12.0 Å². The first-order valence-corrected chi connectivity index (χ1v) is 6.41. The molecule has 0 radical (unpaired) electrons. The summed E-state index contributed by atoms with van der Waals surface area (Å²) in [7, 11) is 4.55. The Kier molecular flexibility index (Phi) is 5.39. The van der Waals surface area contributed by atoms with Crippen molar-refractivity contribution < 1.29 is 19.0 Å². The topological polar surface area (TPSA) is 70.8 Å². The van der Waals surface area contributed by atoms with E-state index in [2.05, 4.69) is 0 Å². The molecule has 5 nitrogen and oxygen atoms in total. The summed E-state index contributed by atoms with van der Waals surface area (Å²) >= 11 is 0. The van der Waals surface area contributed by atoms with Crippen LogP contribution in [0.1, 0.15) is 31.9 Å². The normalized spacial score (nSPS) is 12.7. The van der Waals surface area contributed by atoms with Crippen LogP contribution in [0.3, 0.4) is 0 Å². The van der Waals surface area contributed by atoms with Gasteiger partial charge in [0.15, 0.2) is 0 Å². The van der Waals surface area contributed by atoms with Crippen LogP contribution in [0.4, 0.5) is 0 Å². The summed E-state index contributed by atoms with van der Waals surface area (Å²) < 4.78 is 15.3. The molecule has 0 aliphatic rings. The predicted octanol–water partition coefficient (Wildman–Crippen LogP) is 2.29. The molecule has 0 bridgehead atoms. The summed E-state index contributed by atoms with van der Waals surface area (Å²) in [6.45, 7) is 3.63. The standard InChI is InChI=1S/C15H23NO4/c1-15(2,14(17)20-5)9-12(16)11-7-6-10(18-3)8-13(11)19-4/h6-8,12H,9,16H2,1-5H3. The Hall–Kier alpha value is -1.75. The molecule has 1 aromatic rings. The van der Waals surface area contributed by atoms with Gasteiger partial charge < -0.3 is 19.9 Å². The Balaban J connectivity index is 2.97. The molecule has 0 aromatic heterocycles. The number of ether oxygens (including phenoxy) is 3. The number of rotatable bonds is 6. The van der Waals surface area contributed by atoms with Crippen molar-refractivity contribution in [1.82, 2.24) is 0 Å². The lowest BCUT2D eigenvalue weighted by molar-refractivity contribution is -0.151. The number of nitrogens with two attached hydrogens (primary N) is 1. The summed E-state index contributed by atoms with van der Waals surface area (Å²) in [5.74, 6) is 1.07. The monoisotopic (exact) mass is 281 g/mol. The number of benzene rings is 1. The van der Waals surface area contributed by atoms with E-state index >= 15 is 0 Å². The van der Waals surface area contributed by atoms with E-state index in [1.807, 2.05) is 26.0 Å². The molecule has 0 aliphatic carbocycles. The van der Waals surface area contributed by atoms with Gasteiger partial charge in [0.2, 0.25) is 0 Å². The SMILES string of the molecule is COC(=O)C(C)(C)CC(N)c1ccc(OC)cc1OC. The van der Waals surface area contributed by atoms with Gasteiger partial charge in [-0.25, -0.2) is 0 Å². The molecule has 0 saturated carbocycles. The van der Waals surface area contributed by atoms with Crippen LogP contribution >= 0.6 is 0 Å². The van der Waals surface area contributed by atoms with Gasteiger partial charge in [-0.1, -0.05) is 6.07 Å². The van der Waals surface area contributed by atoms with Crippen molar-refractivity contribution >= 4 is 5.97 Å². The minimum atomic E-state index is -0.654. The molecule has 0 heterocycles. The van der Waals surface area contributed by atoms with Crippen molar-refractivity contribution in [1.29, 1.82) is 0 Å². The average Bonchev–Trinajstić information content (AvgIpc) is 2.44. The van der Waals surface area contributed by atoms with Gasteiger partial charge in [-0.15, -0.1) is 0 Å². The van der Waals surface area contributed by atoms with E-state index in [0.717, 1.165) is 5.56 Å². The largest absolute Gasteiger partial charge is 0.497 e. The van der Waals surface area contributed by atoms with Crippen LogP contribution in [-0.4, -0.2) is 27.3 Å². The van der Waals surface area contributed by atoms with Gasteiger partial charge in [-0.05, 0) is 26.3 Å². The molecule has 1 atom stereocenters. The lowest BCUT2D eigenvalue weighted by Gasteiger charge is -2.26. The van der Waals surface area contributed by atoms with E-state index in [0.29, 0.717) is 17.9 Å². The van der Waals surface area contributed by atoms with Gasteiger partial charge >= 0.3 is 5.97 Å². The molecule has 1 rings (SSSR count). The first-order valence-electron chi connectivity index (χ1n) is 6.41. The lowest BCUT2D eigenvalue weighted by Crippen LogP contribution is -2.30. The molecule has 2 N–H and O–H groups in total. The van der Waals surface area contributed by atoms with Crippen LogP contribution in [0.5, 0.6) is 11.5 Å². The molecule has 0 saturated heterocycles. The highest BCUT2D eigenvalue weighted by molar-refractivity contribution is 5.75. The molecule has 1 unspecified atom stereocenters. The molecule has 0 aliphatic heterocycles. The maximum atomic E-state index is 11.7. The van der Waals surface area contributed by atoms with Gasteiger partial charge in [0.25, 0.3) is 0 Å². The van der Waals surface area contributed by atoms with Gasteiger partial charge in [-0.2, -0.15) is 0 Å². The second kappa shape index (κ2) is 6.61. The van der Waals surface area contributed by atoms with Gasteiger partial charge in [-0.3, -0.25) is 4.79 Å². The summed E-state index contributed by atoms with van der Waals surface area (Å²) in [6, 6.07) is 5.13. The molecule has 112 valence electrons. The van der Waals surface area contributed by atoms with Gasteiger partial charge in [0, 0.05) is 17.7 Å². The Labute approximate surface area is 120 Å². The first-order chi connectivity index (χ1) is 9.35. The maximum Gasteiger partial charge on any atom is 0.311 e. The number of esters is 1. The van der Waals surface area contributed by atoms with Crippen molar-refractivity contribution in [2.24, 2.45) is 11.1 Å². The van der Waals surface area contributed by atoms with Crippen molar-refractivity contribution in [3.05, 3.63) is 23.8 Å². The first kappa shape index (κ1) is 16.3. The highest BCUT2D eigenvalue weighted by Gasteiger charge is 2.32. The zero-order valence-corrected chi connectivity index (χ0v) is 12.7. The molecule has 20 heavy (non-hydrogen) atoms. The van der Waals surface area contributed by atoms with Crippen molar-refractivity contribution in [2.75, 3.05) is 21.3 Å². The number of carbonyl (C=O) groups is 1. The van der Waals surface area contributed by atoms with Crippen LogP contribution in [-0.2, 0) is 9.53 Å². The summed E-state index contributed by atoms with van der Waals surface area (Å²) in [5.41, 5.74) is 6.40. The van der Waals surface area contributed by atoms with Crippen molar-refractivity contribution in [3.8, 4) is 11.5 Å². The molecule has 0 spiro atoms. The minimum absolute atomic E-state index is 0.277. The Morgan fingerprint density at radius 2 is 1.90 bits per heavy atom. The van der Waals surface area contributed by atoms with E-state index in [9.17, 15) is 4.79 Å². The third kappa shape index (κ3) is 3.63. The molecule has 0 amide bonds. The van der Waals surface area contributed by atoms with E-state index in [1.165, 1.54) is 7.11 Å². The van der Waals surface area contributed by atoms with Gasteiger partial charge in [0.1, 0.15) is 11.5 Å². The third-order valence-corrected chi connectivity index (χ3v) is 3.31.